The van der Waals surface area contributed by atoms with Crippen LogP contribution in [0.1, 0.15) is 16.8 Å². The molecule has 0 amide bonds. The van der Waals surface area contributed by atoms with Crippen LogP contribution in [0.5, 0.6) is 11.6 Å². The summed E-state index contributed by atoms with van der Waals surface area (Å²) < 4.78 is 23.1. The number of nitrogens with one attached hydrogen (secondary N) is 1. The zero-order valence-electron chi connectivity index (χ0n) is 15.4. The third kappa shape index (κ3) is 4.41. The second-order valence-corrected chi connectivity index (χ2v) is 6.67. The number of aromatic amines is 1. The van der Waals surface area contributed by atoms with E-state index in [1.165, 1.54) is 0 Å². The first-order valence-corrected chi connectivity index (χ1v) is 8.63. The Morgan fingerprint density at radius 3 is 2.54 bits per heavy atom. The van der Waals surface area contributed by atoms with Gasteiger partial charge in [0.25, 0.3) is 0 Å². The summed E-state index contributed by atoms with van der Waals surface area (Å²) in [4.78, 5) is 15.9. The molecule has 0 aliphatic heterocycles. The third-order valence-electron chi connectivity index (χ3n) is 3.74. The summed E-state index contributed by atoms with van der Waals surface area (Å²) in [5, 5.41) is 0.367. The summed E-state index contributed by atoms with van der Waals surface area (Å²) in [5.74, 6) is 1.49. The van der Waals surface area contributed by atoms with Gasteiger partial charge in [0, 0.05) is 52.9 Å². The van der Waals surface area contributed by atoms with Gasteiger partial charge in [-0.15, -0.1) is 0 Å². The van der Waals surface area contributed by atoms with Gasteiger partial charge in [-0.05, 0) is 19.9 Å². The maximum Gasteiger partial charge on any atom is 0.215 e. The molecule has 8 nitrogen and oxygen atoms in total. The van der Waals surface area contributed by atoms with E-state index >= 15 is 0 Å². The summed E-state index contributed by atoms with van der Waals surface area (Å²) >= 11 is 0. The van der Waals surface area contributed by atoms with Gasteiger partial charge in [-0.25, -0.2) is 4.98 Å². The Balaban J connectivity index is 0.00000169. The smallest absolute Gasteiger partial charge is 0.215 e. The molecule has 3 rings (SSSR count). The van der Waals surface area contributed by atoms with Crippen LogP contribution >= 0.6 is 0 Å². The van der Waals surface area contributed by atoms with E-state index in [1.807, 2.05) is 13.8 Å². The molecule has 0 fully saturated rings. The molecule has 1 unspecified atom stereocenters. The van der Waals surface area contributed by atoms with E-state index in [-0.39, 0.29) is 40.8 Å². The minimum Gasteiger partial charge on any atom is -0.496 e. The van der Waals surface area contributed by atoms with E-state index in [9.17, 15) is 4.21 Å². The van der Waals surface area contributed by atoms with Crippen molar-refractivity contribution in [3.63, 3.8) is 0 Å². The fourth-order valence-corrected chi connectivity index (χ4v) is 3.57. The molecular formula is C16H20N4NaO4S. The van der Waals surface area contributed by atoms with Gasteiger partial charge in [0.05, 0.1) is 42.0 Å². The van der Waals surface area contributed by atoms with E-state index in [2.05, 4.69) is 19.9 Å². The summed E-state index contributed by atoms with van der Waals surface area (Å²) in [6.45, 7) is 3.84. The first-order valence-electron chi connectivity index (χ1n) is 7.31. The molecule has 0 aliphatic carbocycles. The van der Waals surface area contributed by atoms with Crippen LogP contribution in [-0.2, 0) is 16.6 Å². The number of ether oxygens (including phenoxy) is 2. The summed E-state index contributed by atoms with van der Waals surface area (Å²) in [5.41, 5.74) is 3.75. The fraction of sp³-hybridized carbons (Fsp3) is 0.312. The predicted molar refractivity (Wildman–Crippen MR) is 100 cm³/mol. The number of hydrogen-bond acceptors (Lipinski definition) is 6. The molecule has 0 bridgehead atoms. The molecule has 0 saturated heterocycles. The largest absolute Gasteiger partial charge is 0.496 e. The van der Waals surface area contributed by atoms with Crippen LogP contribution in [0.3, 0.4) is 0 Å². The molecule has 3 aromatic heterocycles. The molecule has 3 heterocycles. The number of hydrogen-bond donors (Lipinski definition) is 1. The second-order valence-electron chi connectivity index (χ2n) is 5.30. The zero-order valence-corrected chi connectivity index (χ0v) is 18.2. The molecule has 135 valence electrons. The van der Waals surface area contributed by atoms with Gasteiger partial charge in [0.15, 0.2) is 10.8 Å². The molecule has 26 heavy (non-hydrogen) atoms. The molecule has 3 aromatic rings. The van der Waals surface area contributed by atoms with Crippen molar-refractivity contribution in [2.75, 3.05) is 14.2 Å². The number of fused-ring (bicyclic) bond motifs is 1. The Labute approximate surface area is 175 Å². The van der Waals surface area contributed by atoms with Crippen molar-refractivity contribution in [2.24, 2.45) is 0 Å². The molecule has 1 atom stereocenters. The van der Waals surface area contributed by atoms with Gasteiger partial charge >= 0.3 is 0 Å². The number of methoxy groups -OCH3 is 2. The molecular weight excluding hydrogens is 367 g/mol. The van der Waals surface area contributed by atoms with Crippen molar-refractivity contribution in [1.29, 1.82) is 0 Å². The Morgan fingerprint density at radius 2 is 1.88 bits per heavy atom. The summed E-state index contributed by atoms with van der Waals surface area (Å²) in [7, 11) is 1.79. The number of aromatic nitrogens is 4. The average Bonchev–Trinajstić information content (AvgIpc) is 3.01. The quantitative estimate of drug-likeness (QED) is 0.654. The second kappa shape index (κ2) is 9.43. The van der Waals surface area contributed by atoms with E-state index in [1.54, 1.807) is 32.5 Å². The number of rotatable bonds is 5. The van der Waals surface area contributed by atoms with Crippen molar-refractivity contribution >= 4 is 51.5 Å². The van der Waals surface area contributed by atoms with Crippen molar-refractivity contribution in [3.05, 3.63) is 35.2 Å². The monoisotopic (exact) mass is 387 g/mol. The molecule has 0 aliphatic rings. The van der Waals surface area contributed by atoms with Crippen LogP contribution in [0.15, 0.2) is 23.5 Å². The SMILES string of the molecule is COc1ccc2[nH]c(S(=O)Cc3ncc(C)c(OC)c3C)nc2n1.O.[Na]. The first kappa shape index (κ1) is 22.5. The van der Waals surface area contributed by atoms with Gasteiger partial charge < -0.3 is 19.9 Å². The summed E-state index contributed by atoms with van der Waals surface area (Å²) in [6, 6.07) is 3.52. The van der Waals surface area contributed by atoms with Crippen LogP contribution in [0.4, 0.5) is 0 Å². The standard InChI is InChI=1S/C16H18N4O3S.Na.H2O/c1-9-7-17-12(10(2)14(9)23-4)8-24(21)16-18-11-5-6-13(22-3)19-15(11)20-16;;/h5-7H,8H2,1-4H3,(H,18,19,20);;1H2. The van der Waals surface area contributed by atoms with Gasteiger partial charge in [-0.3, -0.25) is 9.19 Å². The number of aryl methyl sites for hydroxylation is 1. The van der Waals surface area contributed by atoms with Gasteiger partial charge in [-0.1, -0.05) is 0 Å². The van der Waals surface area contributed by atoms with E-state index in [4.69, 9.17) is 9.47 Å². The molecule has 0 saturated carbocycles. The molecule has 1 radical (unpaired) electrons. The first-order chi connectivity index (χ1) is 11.5. The van der Waals surface area contributed by atoms with Crippen LogP contribution in [0, 0.1) is 13.8 Å². The molecule has 3 N–H and O–H groups in total. The van der Waals surface area contributed by atoms with Crippen LogP contribution in [-0.4, -0.2) is 73.4 Å². The number of imidazole rings is 1. The van der Waals surface area contributed by atoms with Crippen LogP contribution in [0.25, 0.3) is 11.2 Å². The minimum atomic E-state index is -1.37. The Hall–Kier alpha value is -1.52. The number of H-pyrrole nitrogens is 1. The van der Waals surface area contributed by atoms with Gasteiger partial charge in [0.2, 0.25) is 5.88 Å². The fourth-order valence-electron chi connectivity index (χ4n) is 2.48. The van der Waals surface area contributed by atoms with E-state index < -0.39 is 10.8 Å². The van der Waals surface area contributed by atoms with Crippen molar-refractivity contribution in [3.8, 4) is 11.6 Å². The van der Waals surface area contributed by atoms with Crippen molar-refractivity contribution in [1.82, 2.24) is 19.9 Å². The topological polar surface area (TPSA) is 121 Å². The average molecular weight is 387 g/mol. The van der Waals surface area contributed by atoms with Gasteiger partial charge in [-0.2, -0.15) is 4.98 Å². The van der Waals surface area contributed by atoms with Crippen molar-refractivity contribution in [2.45, 2.75) is 24.8 Å². The van der Waals surface area contributed by atoms with Crippen LogP contribution < -0.4 is 9.47 Å². The Morgan fingerprint density at radius 1 is 1.15 bits per heavy atom. The maximum atomic E-state index is 12.7. The number of pyridine rings is 2. The minimum absolute atomic E-state index is 0. The van der Waals surface area contributed by atoms with Crippen molar-refractivity contribution < 1.29 is 19.2 Å². The van der Waals surface area contributed by atoms with Crippen LogP contribution in [0.2, 0.25) is 0 Å². The van der Waals surface area contributed by atoms with E-state index in [0.717, 1.165) is 22.6 Å². The Bertz CT molecular complexity index is 932. The molecule has 0 spiro atoms. The predicted octanol–water partition coefficient (Wildman–Crippen LogP) is 1.09. The third-order valence-corrected chi connectivity index (χ3v) is 4.90. The Kier molecular flexibility index (Phi) is 8.16. The molecule has 0 aromatic carbocycles. The van der Waals surface area contributed by atoms with Gasteiger partial charge in [0.1, 0.15) is 5.75 Å². The normalized spacial score (nSPS) is 11.4. The molecule has 10 heteroatoms. The number of nitrogens with zero attached hydrogens (tertiary/aromatic N) is 3. The summed E-state index contributed by atoms with van der Waals surface area (Å²) in [6.07, 6.45) is 1.73. The zero-order chi connectivity index (χ0) is 17.3. The maximum absolute atomic E-state index is 12.7. The van der Waals surface area contributed by atoms with E-state index in [0.29, 0.717) is 22.2 Å².